The first-order chi connectivity index (χ1) is 9.75. The lowest BCUT2D eigenvalue weighted by Gasteiger charge is -2.21. The van der Waals surface area contributed by atoms with Crippen LogP contribution in [0.1, 0.15) is 29.9 Å². The van der Waals surface area contributed by atoms with Gasteiger partial charge in [-0.25, -0.2) is 14.3 Å². The highest BCUT2D eigenvalue weighted by Gasteiger charge is 2.35. The Hall–Kier alpha value is -2.70. The Morgan fingerprint density at radius 1 is 1.24 bits per heavy atom. The monoisotopic (exact) mass is 289 g/mol. The Morgan fingerprint density at radius 2 is 1.90 bits per heavy atom. The fourth-order valence-electron chi connectivity index (χ4n) is 1.96. The summed E-state index contributed by atoms with van der Waals surface area (Å²) >= 11 is 0. The Bertz CT molecular complexity index is 719. The molecule has 0 unspecified atom stereocenters. The van der Waals surface area contributed by atoms with E-state index in [1.165, 1.54) is 13.8 Å². The molecule has 0 amide bonds. The summed E-state index contributed by atoms with van der Waals surface area (Å²) in [5.41, 5.74) is -0.0234. The van der Waals surface area contributed by atoms with Crippen molar-refractivity contribution in [2.24, 2.45) is 0 Å². The van der Waals surface area contributed by atoms with Crippen molar-refractivity contribution in [1.82, 2.24) is 15.0 Å². The van der Waals surface area contributed by atoms with Crippen molar-refractivity contribution in [3.63, 3.8) is 0 Å². The maximum absolute atomic E-state index is 11.4. The molecule has 2 aromatic rings. The molecule has 0 aliphatic rings. The first-order valence-electron chi connectivity index (χ1n) is 6.25. The second kappa shape index (κ2) is 5.01. The fourth-order valence-corrected chi connectivity index (χ4v) is 1.96. The number of aryl methyl sites for hydroxylation is 1. The molecule has 0 radical (unpaired) electrons. The zero-order chi connectivity index (χ0) is 15.8. The number of benzene rings is 1. The summed E-state index contributed by atoms with van der Waals surface area (Å²) in [6, 6.07) is 7.09. The van der Waals surface area contributed by atoms with Gasteiger partial charge in [-0.15, -0.1) is 5.10 Å². The smallest absolute Gasteiger partial charge is 0.358 e. The number of rotatable bonds is 4. The molecule has 1 aromatic heterocycles. The van der Waals surface area contributed by atoms with E-state index >= 15 is 0 Å². The lowest BCUT2D eigenvalue weighted by atomic mass is 10.0. The molecule has 0 saturated heterocycles. The molecule has 0 saturated carbocycles. The van der Waals surface area contributed by atoms with Crippen molar-refractivity contribution >= 4 is 11.9 Å². The van der Waals surface area contributed by atoms with Crippen LogP contribution >= 0.6 is 0 Å². The van der Waals surface area contributed by atoms with Crippen LogP contribution in [0, 0.1) is 6.92 Å². The fraction of sp³-hybridized carbons (Fsp3) is 0.286. The van der Waals surface area contributed by atoms with Gasteiger partial charge in [0.25, 0.3) is 0 Å². The van der Waals surface area contributed by atoms with Crippen molar-refractivity contribution < 1.29 is 19.8 Å². The van der Waals surface area contributed by atoms with Crippen LogP contribution in [0.25, 0.3) is 11.3 Å². The van der Waals surface area contributed by atoms with Crippen LogP contribution in [0.2, 0.25) is 0 Å². The van der Waals surface area contributed by atoms with Gasteiger partial charge in [0.1, 0.15) is 5.69 Å². The van der Waals surface area contributed by atoms with Crippen molar-refractivity contribution in [2.75, 3.05) is 0 Å². The van der Waals surface area contributed by atoms with Crippen LogP contribution in [0.5, 0.6) is 0 Å². The summed E-state index contributed by atoms with van der Waals surface area (Å²) in [6.45, 7) is 4.74. The second-order valence-electron chi connectivity index (χ2n) is 5.24. The number of carboxylic acids is 2. The van der Waals surface area contributed by atoms with Crippen LogP contribution in [-0.4, -0.2) is 37.1 Å². The van der Waals surface area contributed by atoms with Crippen LogP contribution in [0.15, 0.2) is 24.3 Å². The van der Waals surface area contributed by atoms with Gasteiger partial charge in [-0.05, 0) is 26.8 Å². The molecule has 2 rings (SSSR count). The second-order valence-corrected chi connectivity index (χ2v) is 5.24. The third kappa shape index (κ3) is 2.49. The number of aromatic nitrogens is 3. The van der Waals surface area contributed by atoms with E-state index in [9.17, 15) is 19.8 Å². The maximum atomic E-state index is 11.4. The van der Waals surface area contributed by atoms with Gasteiger partial charge in [-0.3, -0.25) is 0 Å². The number of aliphatic carboxylic acids is 1. The topological polar surface area (TPSA) is 105 Å². The molecule has 0 bridgehead atoms. The summed E-state index contributed by atoms with van der Waals surface area (Å²) in [4.78, 5) is 22.7. The lowest BCUT2D eigenvalue weighted by molar-refractivity contribution is -0.146. The van der Waals surface area contributed by atoms with Gasteiger partial charge >= 0.3 is 11.9 Å². The molecule has 110 valence electrons. The van der Waals surface area contributed by atoms with Gasteiger partial charge in [0.2, 0.25) is 0 Å². The number of aromatic carboxylic acids is 1. The van der Waals surface area contributed by atoms with E-state index in [2.05, 4.69) is 10.3 Å². The van der Waals surface area contributed by atoms with E-state index in [1.807, 2.05) is 13.0 Å². The molecule has 2 N–H and O–H groups in total. The first kappa shape index (κ1) is 14.7. The molecular weight excluding hydrogens is 274 g/mol. The zero-order valence-electron chi connectivity index (χ0n) is 11.9. The minimum atomic E-state index is -1.42. The molecule has 1 heterocycles. The highest BCUT2D eigenvalue weighted by Crippen LogP contribution is 2.28. The molecule has 1 aromatic carbocycles. The summed E-state index contributed by atoms with van der Waals surface area (Å²) < 4.78 is 1.13. The minimum absolute atomic E-state index is 0.179. The van der Waals surface area contributed by atoms with Crippen molar-refractivity contribution in [3.8, 4) is 11.3 Å². The predicted octanol–water partition coefficient (Wildman–Crippen LogP) is 1.77. The Balaban J connectivity index is 2.76. The molecule has 7 nitrogen and oxygen atoms in total. The molecule has 0 aliphatic carbocycles. The van der Waals surface area contributed by atoms with E-state index in [0.717, 1.165) is 10.2 Å². The van der Waals surface area contributed by atoms with E-state index in [-0.39, 0.29) is 11.4 Å². The van der Waals surface area contributed by atoms with Crippen LogP contribution < -0.4 is 0 Å². The number of carbonyl (C=O) groups is 2. The number of hydrogen-bond donors (Lipinski definition) is 2. The van der Waals surface area contributed by atoms with E-state index < -0.39 is 17.5 Å². The van der Waals surface area contributed by atoms with E-state index in [1.54, 1.807) is 18.2 Å². The highest BCUT2D eigenvalue weighted by atomic mass is 16.4. The van der Waals surface area contributed by atoms with Gasteiger partial charge in [0.05, 0.1) is 0 Å². The number of nitrogens with zero attached hydrogens (tertiary/aromatic N) is 3. The van der Waals surface area contributed by atoms with Crippen LogP contribution in [-0.2, 0) is 10.3 Å². The van der Waals surface area contributed by atoms with Crippen molar-refractivity contribution in [3.05, 3.63) is 35.5 Å². The van der Waals surface area contributed by atoms with E-state index in [0.29, 0.717) is 5.56 Å². The molecule has 0 aliphatic heterocycles. The van der Waals surface area contributed by atoms with Gasteiger partial charge in [-0.1, -0.05) is 29.0 Å². The van der Waals surface area contributed by atoms with Crippen molar-refractivity contribution in [1.29, 1.82) is 0 Å². The van der Waals surface area contributed by atoms with Crippen molar-refractivity contribution in [2.45, 2.75) is 26.3 Å². The molecular formula is C14H15N3O4. The number of carboxylic acid groups (broad SMARTS) is 2. The zero-order valence-corrected chi connectivity index (χ0v) is 11.9. The quantitative estimate of drug-likeness (QED) is 0.888. The SMILES string of the molecule is Cc1cccc(-c2c(C(=O)O)nnn2C(C)(C)C(=O)O)c1. The van der Waals surface area contributed by atoms with Gasteiger partial charge in [0.15, 0.2) is 11.2 Å². The Labute approximate surface area is 120 Å². The largest absolute Gasteiger partial charge is 0.479 e. The summed E-state index contributed by atoms with van der Waals surface area (Å²) in [5.74, 6) is -2.38. The summed E-state index contributed by atoms with van der Waals surface area (Å²) in [7, 11) is 0. The average molecular weight is 289 g/mol. The number of hydrogen-bond acceptors (Lipinski definition) is 4. The van der Waals surface area contributed by atoms with Gasteiger partial charge < -0.3 is 10.2 Å². The summed E-state index contributed by atoms with van der Waals surface area (Å²) in [6.07, 6.45) is 0. The molecule has 0 fully saturated rings. The average Bonchev–Trinajstić information content (AvgIpc) is 2.83. The molecule has 7 heteroatoms. The van der Waals surface area contributed by atoms with Crippen LogP contribution in [0.3, 0.4) is 0 Å². The standard InChI is InChI=1S/C14H15N3O4/c1-8-5-4-6-9(7-8)11-10(12(18)19)15-16-17(11)14(2,3)13(20)21/h4-7H,1-3H3,(H,18,19)(H,20,21). The van der Waals surface area contributed by atoms with E-state index in [4.69, 9.17) is 0 Å². The first-order valence-corrected chi connectivity index (χ1v) is 6.25. The molecule has 0 spiro atoms. The normalized spacial score (nSPS) is 11.4. The Kier molecular flexibility index (Phi) is 3.51. The minimum Gasteiger partial charge on any atom is -0.479 e. The lowest BCUT2D eigenvalue weighted by Crippen LogP contribution is -2.37. The summed E-state index contributed by atoms with van der Waals surface area (Å²) in [5, 5.41) is 25.9. The predicted molar refractivity (Wildman–Crippen MR) is 74.1 cm³/mol. The molecule has 0 atom stereocenters. The third-order valence-electron chi connectivity index (χ3n) is 3.22. The maximum Gasteiger partial charge on any atom is 0.358 e. The van der Waals surface area contributed by atoms with Crippen LogP contribution in [0.4, 0.5) is 0 Å². The highest BCUT2D eigenvalue weighted by molar-refractivity contribution is 5.93. The van der Waals surface area contributed by atoms with Gasteiger partial charge in [0, 0.05) is 5.56 Å². The Morgan fingerprint density at radius 3 is 2.43 bits per heavy atom. The third-order valence-corrected chi connectivity index (χ3v) is 3.22. The molecule has 21 heavy (non-hydrogen) atoms. The van der Waals surface area contributed by atoms with Gasteiger partial charge in [-0.2, -0.15) is 0 Å².